The molecule has 0 aliphatic rings. The van der Waals surface area contributed by atoms with Gasteiger partial charge in [0.05, 0.1) is 12.3 Å². The Morgan fingerprint density at radius 1 is 1.32 bits per heavy atom. The largest absolute Gasteiger partial charge is 0.388 e. The highest BCUT2D eigenvalue weighted by molar-refractivity contribution is 5.10. The predicted molar refractivity (Wildman–Crippen MR) is 71.4 cm³/mol. The summed E-state index contributed by atoms with van der Waals surface area (Å²) in [5.41, 5.74) is 0.820. The summed E-state index contributed by atoms with van der Waals surface area (Å²) in [6.07, 6.45) is 4.99. The first-order valence-corrected chi connectivity index (χ1v) is 6.67. The van der Waals surface area contributed by atoms with Gasteiger partial charge in [0.15, 0.2) is 0 Å². The van der Waals surface area contributed by atoms with Crippen LogP contribution in [0.15, 0.2) is 18.7 Å². The van der Waals surface area contributed by atoms with Gasteiger partial charge in [0.1, 0.15) is 12.2 Å². The van der Waals surface area contributed by atoms with E-state index in [1.807, 2.05) is 17.8 Å². The third-order valence-electron chi connectivity index (χ3n) is 2.97. The molecule has 104 valence electrons. The van der Waals surface area contributed by atoms with E-state index in [-0.39, 0.29) is 0 Å². The zero-order chi connectivity index (χ0) is 13.8. The molecule has 1 unspecified atom stereocenters. The second-order valence-corrected chi connectivity index (χ2v) is 5.10. The Labute approximate surface area is 113 Å². The molecule has 0 radical (unpaired) electrons. The van der Waals surface area contributed by atoms with Crippen LogP contribution < -0.4 is 0 Å². The Morgan fingerprint density at radius 3 is 2.74 bits per heavy atom. The van der Waals surface area contributed by atoms with Gasteiger partial charge in [-0.25, -0.2) is 9.67 Å². The Morgan fingerprint density at radius 2 is 2.11 bits per heavy atom. The van der Waals surface area contributed by atoms with Crippen molar-refractivity contribution in [2.24, 2.45) is 5.92 Å². The summed E-state index contributed by atoms with van der Waals surface area (Å²) in [6.45, 7) is 7.90. The van der Waals surface area contributed by atoms with Gasteiger partial charge >= 0.3 is 0 Å². The minimum Gasteiger partial charge on any atom is -0.388 e. The monoisotopic (exact) mass is 263 g/mol. The van der Waals surface area contributed by atoms with Crippen LogP contribution in [0.1, 0.15) is 38.3 Å². The molecule has 0 fully saturated rings. The van der Waals surface area contributed by atoms with E-state index in [0.717, 1.165) is 24.5 Å². The van der Waals surface area contributed by atoms with E-state index in [1.54, 1.807) is 17.2 Å². The van der Waals surface area contributed by atoms with Crippen molar-refractivity contribution < 1.29 is 5.11 Å². The van der Waals surface area contributed by atoms with Crippen molar-refractivity contribution >= 4 is 0 Å². The number of nitrogens with zero attached hydrogens (tertiary/aromatic N) is 5. The Bertz CT molecular complexity index is 517. The molecule has 0 saturated heterocycles. The van der Waals surface area contributed by atoms with Gasteiger partial charge in [-0.3, -0.25) is 4.68 Å². The Balaban J connectivity index is 2.06. The Kier molecular flexibility index (Phi) is 4.31. The topological polar surface area (TPSA) is 68.8 Å². The summed E-state index contributed by atoms with van der Waals surface area (Å²) >= 11 is 0. The summed E-state index contributed by atoms with van der Waals surface area (Å²) in [6, 6.07) is 0. The maximum Gasteiger partial charge on any atom is 0.138 e. The molecular weight excluding hydrogens is 242 g/mol. The van der Waals surface area contributed by atoms with E-state index < -0.39 is 6.10 Å². The van der Waals surface area contributed by atoms with Crippen molar-refractivity contribution in [1.29, 1.82) is 0 Å². The molecule has 6 nitrogen and oxygen atoms in total. The molecule has 0 spiro atoms. The third-order valence-corrected chi connectivity index (χ3v) is 2.97. The maximum absolute atomic E-state index is 10.2. The van der Waals surface area contributed by atoms with E-state index in [1.165, 1.54) is 0 Å². The lowest BCUT2D eigenvalue weighted by Crippen LogP contribution is -2.13. The normalized spacial score (nSPS) is 13.1. The predicted octanol–water partition coefficient (Wildman–Crippen LogP) is 1.43. The average molecular weight is 263 g/mol. The summed E-state index contributed by atoms with van der Waals surface area (Å²) < 4.78 is 3.66. The summed E-state index contributed by atoms with van der Waals surface area (Å²) in [5.74, 6) is 1.31. The SMILES string of the molecule is CCn1cc(C(O)Cc2ncnn2CC(C)C)cn1. The van der Waals surface area contributed by atoms with Crippen LogP contribution in [0.2, 0.25) is 0 Å². The third kappa shape index (κ3) is 3.41. The lowest BCUT2D eigenvalue weighted by molar-refractivity contribution is 0.173. The minimum absolute atomic E-state index is 0.460. The Hall–Kier alpha value is -1.69. The van der Waals surface area contributed by atoms with Gasteiger partial charge in [0, 0.05) is 31.3 Å². The highest BCUT2D eigenvalue weighted by Crippen LogP contribution is 2.16. The smallest absolute Gasteiger partial charge is 0.138 e. The van der Waals surface area contributed by atoms with Crippen molar-refractivity contribution in [3.05, 3.63) is 30.1 Å². The lowest BCUT2D eigenvalue weighted by Gasteiger charge is -2.11. The van der Waals surface area contributed by atoms with Crippen LogP contribution in [0.5, 0.6) is 0 Å². The molecule has 19 heavy (non-hydrogen) atoms. The molecule has 0 saturated carbocycles. The highest BCUT2D eigenvalue weighted by atomic mass is 16.3. The number of hydrogen-bond donors (Lipinski definition) is 1. The maximum atomic E-state index is 10.2. The van der Waals surface area contributed by atoms with Crippen LogP contribution in [0.3, 0.4) is 0 Å². The van der Waals surface area contributed by atoms with Crippen molar-refractivity contribution in [1.82, 2.24) is 24.5 Å². The standard InChI is InChI=1S/C13H21N5O/c1-4-17-8-11(6-15-17)12(19)5-13-14-9-16-18(13)7-10(2)3/h6,8-10,12,19H,4-5,7H2,1-3H3. The van der Waals surface area contributed by atoms with Crippen molar-refractivity contribution in [3.63, 3.8) is 0 Å². The van der Waals surface area contributed by atoms with Crippen molar-refractivity contribution in [2.75, 3.05) is 0 Å². The van der Waals surface area contributed by atoms with Crippen LogP contribution >= 0.6 is 0 Å². The first-order chi connectivity index (χ1) is 9.10. The zero-order valence-corrected chi connectivity index (χ0v) is 11.7. The fraction of sp³-hybridized carbons (Fsp3) is 0.615. The molecule has 0 aromatic carbocycles. The number of rotatable bonds is 6. The van der Waals surface area contributed by atoms with Crippen LogP contribution in [0, 0.1) is 5.92 Å². The van der Waals surface area contributed by atoms with E-state index in [2.05, 4.69) is 29.0 Å². The average Bonchev–Trinajstić information content (AvgIpc) is 2.98. The van der Waals surface area contributed by atoms with Crippen LogP contribution in [-0.2, 0) is 19.5 Å². The fourth-order valence-electron chi connectivity index (χ4n) is 1.96. The summed E-state index contributed by atoms with van der Waals surface area (Å²) in [5, 5.41) is 18.6. The molecule has 2 rings (SSSR count). The van der Waals surface area contributed by atoms with Gasteiger partial charge in [0.2, 0.25) is 0 Å². The van der Waals surface area contributed by atoms with Gasteiger partial charge in [-0.1, -0.05) is 13.8 Å². The molecule has 0 bridgehead atoms. The highest BCUT2D eigenvalue weighted by Gasteiger charge is 2.15. The summed E-state index contributed by atoms with van der Waals surface area (Å²) in [4.78, 5) is 4.23. The van der Waals surface area contributed by atoms with Crippen LogP contribution in [0.25, 0.3) is 0 Å². The van der Waals surface area contributed by atoms with E-state index in [4.69, 9.17) is 0 Å². The number of hydrogen-bond acceptors (Lipinski definition) is 4. The van der Waals surface area contributed by atoms with Crippen molar-refractivity contribution in [3.8, 4) is 0 Å². The zero-order valence-electron chi connectivity index (χ0n) is 11.7. The number of aryl methyl sites for hydroxylation is 1. The van der Waals surface area contributed by atoms with Crippen LogP contribution in [0.4, 0.5) is 0 Å². The first-order valence-electron chi connectivity index (χ1n) is 6.67. The molecule has 2 aromatic rings. The van der Waals surface area contributed by atoms with Crippen LogP contribution in [-0.4, -0.2) is 29.7 Å². The lowest BCUT2D eigenvalue weighted by atomic mass is 10.1. The molecule has 1 atom stereocenters. The molecule has 2 heterocycles. The molecule has 6 heteroatoms. The van der Waals surface area contributed by atoms with E-state index in [9.17, 15) is 5.11 Å². The number of aliphatic hydroxyl groups is 1. The van der Waals surface area contributed by atoms with Gasteiger partial charge in [-0.05, 0) is 12.8 Å². The van der Waals surface area contributed by atoms with Gasteiger partial charge in [0.25, 0.3) is 0 Å². The molecule has 2 aromatic heterocycles. The molecule has 0 aliphatic heterocycles. The molecule has 0 amide bonds. The van der Waals surface area contributed by atoms with Crippen molar-refractivity contribution in [2.45, 2.75) is 46.4 Å². The first kappa shape index (κ1) is 13.7. The quantitative estimate of drug-likeness (QED) is 0.856. The number of aliphatic hydroxyl groups excluding tert-OH is 1. The molecule has 0 aliphatic carbocycles. The molecule has 1 N–H and O–H groups in total. The summed E-state index contributed by atoms with van der Waals surface area (Å²) in [7, 11) is 0. The molecular formula is C13H21N5O. The van der Waals surface area contributed by atoms with Gasteiger partial charge in [-0.15, -0.1) is 0 Å². The second kappa shape index (κ2) is 5.97. The second-order valence-electron chi connectivity index (χ2n) is 5.10. The van der Waals surface area contributed by atoms with Gasteiger partial charge < -0.3 is 5.11 Å². The van der Waals surface area contributed by atoms with E-state index in [0.29, 0.717) is 12.3 Å². The number of aromatic nitrogens is 5. The minimum atomic E-state index is -0.588. The van der Waals surface area contributed by atoms with E-state index >= 15 is 0 Å². The fourth-order valence-corrected chi connectivity index (χ4v) is 1.96. The van der Waals surface area contributed by atoms with Gasteiger partial charge in [-0.2, -0.15) is 10.2 Å².